The zero-order valence-corrected chi connectivity index (χ0v) is 16.9. The third kappa shape index (κ3) is 4.12. The van der Waals surface area contributed by atoms with Crippen LogP contribution in [0.5, 0.6) is 5.75 Å². The second-order valence-electron chi connectivity index (χ2n) is 7.57. The van der Waals surface area contributed by atoms with Crippen molar-refractivity contribution in [2.24, 2.45) is 0 Å². The van der Waals surface area contributed by atoms with E-state index in [1.54, 1.807) is 24.3 Å². The molecule has 0 spiro atoms. The van der Waals surface area contributed by atoms with Crippen molar-refractivity contribution in [1.82, 2.24) is 9.88 Å². The molecule has 1 amide bonds. The van der Waals surface area contributed by atoms with Crippen LogP contribution in [0.4, 0.5) is 13.2 Å². The molecule has 9 heteroatoms. The SMILES string of the molecule is O=C(NC1CCC1)C(=O)c1c(C(F)(F)F)n(Cc2ccc(Cl)cc2)c2ccc(O)cc12. The summed E-state index contributed by atoms with van der Waals surface area (Å²) in [5, 5.41) is 12.7. The minimum absolute atomic E-state index is 0.0832. The smallest absolute Gasteiger partial charge is 0.432 e. The van der Waals surface area contributed by atoms with E-state index >= 15 is 0 Å². The van der Waals surface area contributed by atoms with Gasteiger partial charge in [-0.3, -0.25) is 9.59 Å². The summed E-state index contributed by atoms with van der Waals surface area (Å²) in [6, 6.07) is 9.69. The molecule has 0 saturated heterocycles. The predicted octanol–water partition coefficient (Wildman–Crippen LogP) is 4.92. The minimum Gasteiger partial charge on any atom is -0.508 e. The summed E-state index contributed by atoms with van der Waals surface area (Å²) in [5.74, 6) is -2.66. The van der Waals surface area contributed by atoms with Crippen LogP contribution in [0, 0.1) is 0 Å². The van der Waals surface area contributed by atoms with Gasteiger partial charge in [-0.15, -0.1) is 0 Å². The zero-order valence-electron chi connectivity index (χ0n) is 16.2. The average molecular weight is 451 g/mol. The summed E-state index contributed by atoms with van der Waals surface area (Å²) in [5.41, 5.74) is -1.38. The van der Waals surface area contributed by atoms with Gasteiger partial charge in [-0.1, -0.05) is 23.7 Å². The van der Waals surface area contributed by atoms with E-state index in [4.69, 9.17) is 11.6 Å². The number of ketones is 1. The number of nitrogens with zero attached hydrogens (tertiary/aromatic N) is 1. The lowest BCUT2D eigenvalue weighted by Crippen LogP contribution is -2.43. The summed E-state index contributed by atoms with van der Waals surface area (Å²) in [7, 11) is 0. The number of fused-ring (bicyclic) bond motifs is 1. The maximum atomic E-state index is 14.2. The predicted molar refractivity (Wildman–Crippen MR) is 109 cm³/mol. The van der Waals surface area contributed by atoms with E-state index in [1.165, 1.54) is 12.1 Å². The molecule has 5 nitrogen and oxygen atoms in total. The van der Waals surface area contributed by atoms with Gasteiger partial charge in [-0.2, -0.15) is 13.2 Å². The lowest BCUT2D eigenvalue weighted by atomic mass is 9.93. The van der Waals surface area contributed by atoms with Crippen molar-refractivity contribution in [3.05, 3.63) is 64.3 Å². The number of hydrogen-bond donors (Lipinski definition) is 2. The Morgan fingerprint density at radius 1 is 1.13 bits per heavy atom. The van der Waals surface area contributed by atoms with Crippen LogP contribution in [0.25, 0.3) is 10.9 Å². The number of carbonyl (C=O) groups is 2. The van der Waals surface area contributed by atoms with Crippen LogP contribution in [0.1, 0.15) is 40.9 Å². The van der Waals surface area contributed by atoms with E-state index in [0.717, 1.165) is 17.1 Å². The normalized spacial score (nSPS) is 14.5. The number of alkyl halides is 3. The van der Waals surface area contributed by atoms with E-state index in [0.29, 0.717) is 23.4 Å². The molecule has 162 valence electrons. The number of rotatable bonds is 5. The van der Waals surface area contributed by atoms with Gasteiger partial charge in [0.2, 0.25) is 0 Å². The molecule has 1 aliphatic rings. The number of hydrogen-bond acceptors (Lipinski definition) is 3. The highest BCUT2D eigenvalue weighted by atomic mass is 35.5. The average Bonchev–Trinajstić information content (AvgIpc) is 2.99. The fourth-order valence-corrected chi connectivity index (χ4v) is 3.85. The molecule has 1 fully saturated rings. The monoisotopic (exact) mass is 450 g/mol. The summed E-state index contributed by atoms with van der Waals surface area (Å²) in [6.45, 7) is -0.204. The van der Waals surface area contributed by atoms with Crippen molar-refractivity contribution in [2.75, 3.05) is 0 Å². The van der Waals surface area contributed by atoms with E-state index in [9.17, 15) is 27.9 Å². The molecule has 2 aromatic carbocycles. The van der Waals surface area contributed by atoms with Crippen molar-refractivity contribution in [3.63, 3.8) is 0 Å². The van der Waals surface area contributed by atoms with Gasteiger partial charge in [0.15, 0.2) is 0 Å². The molecule has 4 rings (SSSR count). The Hall–Kier alpha value is -3.00. The Labute approximate surface area is 180 Å². The Bertz CT molecular complexity index is 1170. The second kappa shape index (κ2) is 7.92. The Balaban J connectivity index is 1.89. The van der Waals surface area contributed by atoms with Gasteiger partial charge in [0, 0.05) is 28.5 Å². The van der Waals surface area contributed by atoms with E-state index in [1.807, 2.05) is 0 Å². The van der Waals surface area contributed by atoms with E-state index in [2.05, 4.69) is 5.32 Å². The molecule has 1 aliphatic carbocycles. The van der Waals surface area contributed by atoms with E-state index < -0.39 is 29.1 Å². The minimum atomic E-state index is -4.91. The molecule has 3 aromatic rings. The zero-order chi connectivity index (χ0) is 22.3. The third-order valence-electron chi connectivity index (χ3n) is 5.44. The van der Waals surface area contributed by atoms with Crippen molar-refractivity contribution in [1.29, 1.82) is 0 Å². The first-order valence-corrected chi connectivity index (χ1v) is 10.0. The number of halogens is 4. The molecule has 0 atom stereocenters. The van der Waals surface area contributed by atoms with Crippen molar-refractivity contribution >= 4 is 34.2 Å². The maximum absolute atomic E-state index is 14.2. The Kier molecular flexibility index (Phi) is 5.43. The van der Waals surface area contributed by atoms with Gasteiger partial charge in [-0.05, 0) is 55.2 Å². The van der Waals surface area contributed by atoms with Crippen LogP contribution in [0.3, 0.4) is 0 Å². The molecule has 2 N–H and O–H groups in total. The van der Waals surface area contributed by atoms with Crippen LogP contribution in [-0.4, -0.2) is 27.4 Å². The van der Waals surface area contributed by atoms with Gasteiger partial charge in [0.25, 0.3) is 11.7 Å². The van der Waals surface area contributed by atoms with Crippen molar-refractivity contribution < 1.29 is 27.9 Å². The van der Waals surface area contributed by atoms with Crippen LogP contribution in [0.2, 0.25) is 5.02 Å². The quantitative estimate of drug-likeness (QED) is 0.428. The topological polar surface area (TPSA) is 71.3 Å². The number of aromatic hydroxyl groups is 1. The molecule has 0 aliphatic heterocycles. The van der Waals surface area contributed by atoms with Gasteiger partial charge >= 0.3 is 6.18 Å². The molecule has 31 heavy (non-hydrogen) atoms. The number of phenols is 1. The number of Topliss-reactive ketones (excluding diaryl/α,β-unsaturated/α-hetero) is 1. The first-order chi connectivity index (χ1) is 14.6. The van der Waals surface area contributed by atoms with Crippen LogP contribution in [-0.2, 0) is 17.5 Å². The van der Waals surface area contributed by atoms with Gasteiger partial charge in [0.1, 0.15) is 11.4 Å². The summed E-state index contributed by atoms with van der Waals surface area (Å²) in [4.78, 5) is 25.3. The fourth-order valence-electron chi connectivity index (χ4n) is 3.72. The highest BCUT2D eigenvalue weighted by Crippen LogP contribution is 2.40. The molecule has 1 saturated carbocycles. The second-order valence-corrected chi connectivity index (χ2v) is 8.00. The molecule has 0 bridgehead atoms. The first kappa shape index (κ1) is 21.2. The van der Waals surface area contributed by atoms with Crippen LogP contribution < -0.4 is 5.32 Å². The number of phenolic OH excluding ortho intramolecular Hbond substituents is 1. The number of aromatic nitrogens is 1. The van der Waals surface area contributed by atoms with Gasteiger partial charge in [0.05, 0.1) is 5.56 Å². The Morgan fingerprint density at radius 3 is 2.39 bits per heavy atom. The highest BCUT2D eigenvalue weighted by Gasteiger charge is 2.43. The van der Waals surface area contributed by atoms with Crippen LogP contribution >= 0.6 is 11.6 Å². The molecule has 0 radical (unpaired) electrons. The first-order valence-electron chi connectivity index (χ1n) is 9.67. The van der Waals surface area contributed by atoms with Crippen LogP contribution in [0.15, 0.2) is 42.5 Å². The van der Waals surface area contributed by atoms with E-state index in [-0.39, 0.29) is 29.2 Å². The summed E-state index contributed by atoms with van der Waals surface area (Å²) < 4.78 is 43.5. The largest absolute Gasteiger partial charge is 0.508 e. The maximum Gasteiger partial charge on any atom is 0.432 e. The molecule has 1 aromatic heterocycles. The lowest BCUT2D eigenvalue weighted by Gasteiger charge is -2.26. The van der Waals surface area contributed by atoms with Gasteiger partial charge < -0.3 is 15.0 Å². The lowest BCUT2D eigenvalue weighted by molar-refractivity contribution is -0.143. The summed E-state index contributed by atoms with van der Waals surface area (Å²) >= 11 is 5.87. The number of benzene rings is 2. The number of nitrogens with one attached hydrogen (secondary N) is 1. The van der Waals surface area contributed by atoms with Crippen molar-refractivity contribution in [2.45, 2.75) is 38.0 Å². The molecular weight excluding hydrogens is 433 g/mol. The summed E-state index contributed by atoms with van der Waals surface area (Å²) in [6.07, 6.45) is -2.65. The molecule has 1 heterocycles. The molecular formula is C22H18ClF3N2O3. The number of carbonyl (C=O) groups excluding carboxylic acids is 2. The van der Waals surface area contributed by atoms with Crippen molar-refractivity contribution in [3.8, 4) is 5.75 Å². The van der Waals surface area contributed by atoms with Gasteiger partial charge in [-0.25, -0.2) is 0 Å². The Morgan fingerprint density at radius 2 is 1.81 bits per heavy atom. The third-order valence-corrected chi connectivity index (χ3v) is 5.70. The molecule has 0 unspecified atom stereocenters. The number of amides is 1. The highest BCUT2D eigenvalue weighted by molar-refractivity contribution is 6.45. The standard InChI is InChI=1S/C22H18ClF3N2O3/c23-13-6-4-12(5-7-13)11-28-17-9-8-15(29)10-16(17)18(20(28)22(24,25)26)19(30)21(31)27-14-2-1-3-14/h4-10,14,29H,1-3,11H2,(H,27,31). The fraction of sp³-hybridized carbons (Fsp3) is 0.273.